The zero-order valence-electron chi connectivity index (χ0n) is 11.5. The van der Waals surface area contributed by atoms with Crippen molar-refractivity contribution in [2.45, 2.75) is 13.5 Å². The number of aromatic carboxylic acids is 1. The van der Waals surface area contributed by atoms with E-state index in [0.717, 1.165) is 16.6 Å². The molecule has 2 aromatic heterocycles. The van der Waals surface area contributed by atoms with Gasteiger partial charge in [-0.1, -0.05) is 18.2 Å². The number of pyridine rings is 1. The number of furan rings is 1. The molecule has 0 radical (unpaired) electrons. The maximum absolute atomic E-state index is 11.0. The van der Waals surface area contributed by atoms with Crippen molar-refractivity contribution in [3.8, 4) is 0 Å². The fourth-order valence-corrected chi connectivity index (χ4v) is 2.28. The molecule has 5 heteroatoms. The molecule has 3 aromatic rings. The molecular formula is C16H14N2O3. The Hall–Kier alpha value is -2.82. The van der Waals surface area contributed by atoms with Crippen molar-refractivity contribution < 1.29 is 14.3 Å². The van der Waals surface area contributed by atoms with E-state index >= 15 is 0 Å². The standard InChI is InChI=1S/C16H14N2O3/c1-10-13(16(19)20)8-11(21-10)9-18-15-6-7-17-14-5-3-2-4-12(14)15/h2-8H,9H2,1H3,(H,17,18)(H,19,20). The molecule has 0 saturated carbocycles. The SMILES string of the molecule is Cc1oc(CNc2ccnc3ccccc23)cc1C(=O)O. The number of nitrogens with zero attached hydrogens (tertiary/aromatic N) is 1. The van der Waals surface area contributed by atoms with Crippen LogP contribution >= 0.6 is 0 Å². The first-order valence-electron chi connectivity index (χ1n) is 6.55. The largest absolute Gasteiger partial charge is 0.478 e. The average molecular weight is 282 g/mol. The van der Waals surface area contributed by atoms with E-state index in [9.17, 15) is 4.79 Å². The van der Waals surface area contributed by atoms with Crippen LogP contribution in [0, 0.1) is 6.92 Å². The zero-order chi connectivity index (χ0) is 14.8. The molecule has 0 amide bonds. The van der Waals surface area contributed by atoms with Crippen molar-refractivity contribution in [2.75, 3.05) is 5.32 Å². The Labute approximate surface area is 121 Å². The van der Waals surface area contributed by atoms with Crippen molar-refractivity contribution in [3.05, 3.63) is 59.7 Å². The summed E-state index contributed by atoms with van der Waals surface area (Å²) >= 11 is 0. The van der Waals surface area contributed by atoms with Crippen LogP contribution in [-0.4, -0.2) is 16.1 Å². The van der Waals surface area contributed by atoms with Crippen molar-refractivity contribution in [1.29, 1.82) is 0 Å². The van der Waals surface area contributed by atoms with E-state index in [1.165, 1.54) is 0 Å². The molecule has 5 nitrogen and oxygen atoms in total. The fourth-order valence-electron chi connectivity index (χ4n) is 2.28. The number of aromatic nitrogens is 1. The Kier molecular flexibility index (Phi) is 3.31. The van der Waals surface area contributed by atoms with Gasteiger partial charge in [0.05, 0.1) is 12.1 Å². The summed E-state index contributed by atoms with van der Waals surface area (Å²) in [6.45, 7) is 2.07. The molecule has 3 rings (SSSR count). The van der Waals surface area contributed by atoms with Crippen LogP contribution in [0.5, 0.6) is 0 Å². The van der Waals surface area contributed by atoms with Crippen LogP contribution in [0.1, 0.15) is 21.9 Å². The first-order valence-corrected chi connectivity index (χ1v) is 6.55. The van der Waals surface area contributed by atoms with E-state index in [1.54, 1.807) is 19.2 Å². The molecule has 0 unspecified atom stereocenters. The molecule has 0 fully saturated rings. The molecule has 2 heterocycles. The maximum atomic E-state index is 11.0. The minimum atomic E-state index is -0.975. The van der Waals surface area contributed by atoms with Gasteiger partial charge in [0.2, 0.25) is 0 Å². The number of anilines is 1. The highest BCUT2D eigenvalue weighted by Gasteiger charge is 2.13. The van der Waals surface area contributed by atoms with E-state index in [1.807, 2.05) is 30.3 Å². The highest BCUT2D eigenvalue weighted by Crippen LogP contribution is 2.22. The fraction of sp³-hybridized carbons (Fsp3) is 0.125. The Morgan fingerprint density at radius 3 is 2.90 bits per heavy atom. The minimum absolute atomic E-state index is 0.200. The quantitative estimate of drug-likeness (QED) is 0.766. The van der Waals surface area contributed by atoms with Crippen LogP contribution < -0.4 is 5.32 Å². The molecule has 0 spiro atoms. The predicted octanol–water partition coefficient (Wildman–Crippen LogP) is 3.45. The van der Waals surface area contributed by atoms with E-state index in [2.05, 4.69) is 10.3 Å². The van der Waals surface area contributed by atoms with Crippen molar-refractivity contribution in [2.24, 2.45) is 0 Å². The Morgan fingerprint density at radius 1 is 1.33 bits per heavy atom. The van der Waals surface area contributed by atoms with Crippen LogP contribution in [0.2, 0.25) is 0 Å². The zero-order valence-corrected chi connectivity index (χ0v) is 11.5. The molecule has 1 aromatic carbocycles. The summed E-state index contributed by atoms with van der Waals surface area (Å²) in [7, 11) is 0. The number of hydrogen-bond donors (Lipinski definition) is 2. The van der Waals surface area contributed by atoms with Crippen LogP contribution in [-0.2, 0) is 6.54 Å². The van der Waals surface area contributed by atoms with Gasteiger partial charge in [-0.25, -0.2) is 4.79 Å². The minimum Gasteiger partial charge on any atom is -0.478 e. The molecule has 0 aliphatic rings. The van der Waals surface area contributed by atoms with Crippen molar-refractivity contribution in [3.63, 3.8) is 0 Å². The maximum Gasteiger partial charge on any atom is 0.339 e. The molecule has 21 heavy (non-hydrogen) atoms. The summed E-state index contributed by atoms with van der Waals surface area (Å²) in [4.78, 5) is 15.3. The third-order valence-corrected chi connectivity index (χ3v) is 3.30. The third-order valence-electron chi connectivity index (χ3n) is 3.30. The number of rotatable bonds is 4. The molecule has 106 valence electrons. The molecule has 0 aliphatic carbocycles. The number of aryl methyl sites for hydroxylation is 1. The second-order valence-electron chi connectivity index (χ2n) is 4.72. The number of carbonyl (C=O) groups is 1. The molecule has 0 bridgehead atoms. The highest BCUT2D eigenvalue weighted by molar-refractivity contribution is 5.91. The van der Waals surface area contributed by atoms with E-state index < -0.39 is 5.97 Å². The topological polar surface area (TPSA) is 75.4 Å². The average Bonchev–Trinajstić information content (AvgIpc) is 2.86. The number of benzene rings is 1. The van der Waals surface area contributed by atoms with Crippen LogP contribution in [0.3, 0.4) is 0 Å². The summed E-state index contributed by atoms with van der Waals surface area (Å²) in [5, 5.41) is 13.3. The molecule has 2 N–H and O–H groups in total. The van der Waals surface area contributed by atoms with Gasteiger partial charge in [-0.15, -0.1) is 0 Å². The van der Waals surface area contributed by atoms with E-state index in [-0.39, 0.29) is 5.56 Å². The van der Waals surface area contributed by atoms with E-state index in [0.29, 0.717) is 18.1 Å². The Bertz CT molecular complexity index is 803. The highest BCUT2D eigenvalue weighted by atomic mass is 16.4. The summed E-state index contributed by atoms with van der Waals surface area (Å²) < 4.78 is 5.45. The lowest BCUT2D eigenvalue weighted by Gasteiger charge is -2.07. The van der Waals surface area contributed by atoms with Crippen LogP contribution in [0.25, 0.3) is 10.9 Å². The number of fused-ring (bicyclic) bond motifs is 1. The van der Waals surface area contributed by atoms with Crippen LogP contribution in [0.4, 0.5) is 5.69 Å². The van der Waals surface area contributed by atoms with E-state index in [4.69, 9.17) is 9.52 Å². The molecular weight excluding hydrogens is 268 g/mol. The molecule has 0 atom stereocenters. The van der Waals surface area contributed by atoms with Gasteiger partial charge in [-0.2, -0.15) is 0 Å². The van der Waals surface area contributed by atoms with Gasteiger partial charge >= 0.3 is 5.97 Å². The van der Waals surface area contributed by atoms with Gasteiger partial charge in [0.25, 0.3) is 0 Å². The number of nitrogens with one attached hydrogen (secondary N) is 1. The van der Waals surface area contributed by atoms with Gasteiger partial charge in [0.15, 0.2) is 0 Å². The third kappa shape index (κ3) is 2.58. The second-order valence-corrected chi connectivity index (χ2v) is 4.72. The summed E-state index contributed by atoms with van der Waals surface area (Å²) in [5.41, 5.74) is 2.04. The predicted molar refractivity (Wildman–Crippen MR) is 79.5 cm³/mol. The first-order chi connectivity index (χ1) is 10.1. The van der Waals surface area contributed by atoms with Gasteiger partial charge in [0.1, 0.15) is 17.1 Å². The number of para-hydroxylation sites is 1. The smallest absolute Gasteiger partial charge is 0.339 e. The lowest BCUT2D eigenvalue weighted by Crippen LogP contribution is -1.99. The monoisotopic (exact) mass is 282 g/mol. The van der Waals surface area contributed by atoms with Gasteiger partial charge < -0.3 is 14.8 Å². The van der Waals surface area contributed by atoms with Gasteiger partial charge in [-0.3, -0.25) is 4.98 Å². The summed E-state index contributed by atoms with van der Waals surface area (Å²) in [6.07, 6.45) is 1.74. The lowest BCUT2D eigenvalue weighted by atomic mass is 10.2. The summed E-state index contributed by atoms with van der Waals surface area (Å²) in [6, 6.07) is 11.3. The molecule has 0 saturated heterocycles. The first kappa shape index (κ1) is 13.2. The number of hydrogen-bond acceptors (Lipinski definition) is 4. The van der Waals surface area contributed by atoms with Crippen LogP contribution in [0.15, 0.2) is 47.0 Å². The number of carboxylic acid groups (broad SMARTS) is 1. The van der Waals surface area contributed by atoms with Crippen molar-refractivity contribution >= 4 is 22.6 Å². The number of carboxylic acids is 1. The van der Waals surface area contributed by atoms with Gasteiger partial charge in [0, 0.05) is 17.3 Å². The Balaban J connectivity index is 1.84. The summed E-state index contributed by atoms with van der Waals surface area (Å²) in [5.74, 6) is 0.0292. The molecule has 0 aliphatic heterocycles. The van der Waals surface area contributed by atoms with Gasteiger partial charge in [-0.05, 0) is 25.1 Å². The normalized spacial score (nSPS) is 10.7. The lowest BCUT2D eigenvalue weighted by molar-refractivity contribution is 0.0695. The second kappa shape index (κ2) is 5.28. The Morgan fingerprint density at radius 2 is 2.14 bits per heavy atom. The van der Waals surface area contributed by atoms with Crippen molar-refractivity contribution in [1.82, 2.24) is 4.98 Å².